The Morgan fingerprint density at radius 3 is 1.82 bits per heavy atom. The van der Waals surface area contributed by atoms with Crippen LogP contribution in [0.3, 0.4) is 0 Å². The van der Waals surface area contributed by atoms with Crippen molar-refractivity contribution in [3.8, 4) is 0 Å². The van der Waals surface area contributed by atoms with Gasteiger partial charge in [0, 0.05) is 37.9 Å². The molecule has 2 aliphatic carbocycles. The van der Waals surface area contributed by atoms with E-state index >= 15 is 0 Å². The number of anilines is 1. The maximum atomic E-state index is 13.4. The molecule has 8 nitrogen and oxygen atoms in total. The van der Waals surface area contributed by atoms with Crippen LogP contribution in [0.15, 0.2) is 79.0 Å². The lowest BCUT2D eigenvalue weighted by atomic mass is 9.82. The van der Waals surface area contributed by atoms with Gasteiger partial charge in [-0.1, -0.05) is 87.1 Å². The molecule has 3 aliphatic rings. The number of hydrogen-bond acceptors (Lipinski definition) is 5. The number of benzene rings is 1. The van der Waals surface area contributed by atoms with Gasteiger partial charge < -0.3 is 20.0 Å². The first kappa shape index (κ1) is 37.1. The van der Waals surface area contributed by atoms with E-state index in [9.17, 15) is 24.6 Å². The van der Waals surface area contributed by atoms with E-state index in [1.165, 1.54) is 5.57 Å². The molecule has 1 aromatic carbocycles. The summed E-state index contributed by atoms with van der Waals surface area (Å²) >= 11 is 0. The van der Waals surface area contributed by atoms with Gasteiger partial charge >= 0.3 is 11.9 Å². The van der Waals surface area contributed by atoms with Crippen molar-refractivity contribution in [2.24, 2.45) is 10.8 Å². The van der Waals surface area contributed by atoms with Crippen LogP contribution < -0.4 is 4.90 Å². The van der Waals surface area contributed by atoms with Crippen molar-refractivity contribution in [2.45, 2.75) is 103 Å². The van der Waals surface area contributed by atoms with Crippen LogP contribution in [0.1, 0.15) is 119 Å². The molecule has 2 aromatic rings. The highest BCUT2D eigenvalue weighted by Crippen LogP contribution is 2.39. The maximum absolute atomic E-state index is 13.4. The van der Waals surface area contributed by atoms with Crippen molar-refractivity contribution in [2.75, 3.05) is 31.1 Å². The second kappa shape index (κ2) is 18.2. The molecule has 5 rings (SSSR count). The number of carboxylic acids is 2. The highest BCUT2D eigenvalue weighted by atomic mass is 16.4. The Labute approximate surface area is 298 Å². The summed E-state index contributed by atoms with van der Waals surface area (Å²) in [6, 6.07) is 14.0. The molecule has 1 saturated heterocycles. The van der Waals surface area contributed by atoms with Crippen molar-refractivity contribution in [1.29, 1.82) is 0 Å². The number of allylic oxidation sites excluding steroid dienone is 4. The third-order valence-electron chi connectivity index (χ3n) is 11.1. The molecule has 2 atom stereocenters. The van der Waals surface area contributed by atoms with E-state index in [2.05, 4.69) is 28.1 Å². The summed E-state index contributed by atoms with van der Waals surface area (Å²) in [5, 5.41) is 19.5. The summed E-state index contributed by atoms with van der Waals surface area (Å²) in [5.74, 6) is -0.364. The number of carboxylic acid groups (broad SMARTS) is 2. The van der Waals surface area contributed by atoms with E-state index < -0.39 is 22.8 Å². The lowest BCUT2D eigenvalue weighted by Crippen LogP contribution is -2.49. The Kier molecular flexibility index (Phi) is 13.5. The first-order chi connectivity index (χ1) is 24.3. The molecule has 2 unspecified atom stereocenters. The van der Waals surface area contributed by atoms with Gasteiger partial charge in [-0.15, -0.1) is 0 Å². The van der Waals surface area contributed by atoms with Gasteiger partial charge in [0.15, 0.2) is 0 Å². The standard InChI is InChI=1S/C42H55N3O5/c46-38(45-32-30-44(31-33-45)37-18-8-15-29-43-37)36-21-19-35(20-22-36)34(17-7-3-5-10-24-42(40(49)50)27-13-14-28-42)16-6-2-1-4-9-23-41(39(47)48)25-11-12-26-41/h8,11,13,15-16,18-22,25,27,29H,1-7,9-10,12,14,17,23-24,26,28,30-33H2,(H,47,48)(H,49,50)/b34-16+. The Morgan fingerprint density at radius 2 is 1.28 bits per heavy atom. The number of carbonyl (C=O) groups excluding carboxylic acids is 1. The summed E-state index contributed by atoms with van der Waals surface area (Å²) in [6.45, 7) is 2.86. The number of aromatic nitrogens is 1. The fraction of sp³-hybridized carbons (Fsp3) is 0.524. The zero-order chi connectivity index (χ0) is 35.2. The van der Waals surface area contributed by atoms with Crippen molar-refractivity contribution in [3.63, 3.8) is 0 Å². The number of piperazine rings is 1. The summed E-state index contributed by atoms with van der Waals surface area (Å²) < 4.78 is 0. The molecule has 0 bridgehead atoms. The molecular weight excluding hydrogens is 626 g/mol. The molecule has 268 valence electrons. The second-order valence-corrected chi connectivity index (χ2v) is 14.4. The van der Waals surface area contributed by atoms with Crippen molar-refractivity contribution in [3.05, 3.63) is 90.2 Å². The van der Waals surface area contributed by atoms with Crippen molar-refractivity contribution >= 4 is 29.2 Å². The van der Waals surface area contributed by atoms with Crippen LogP contribution in [0.25, 0.3) is 5.57 Å². The lowest BCUT2D eigenvalue weighted by Gasteiger charge is -2.35. The Balaban J connectivity index is 1.12. The van der Waals surface area contributed by atoms with Crippen LogP contribution in [0, 0.1) is 10.8 Å². The molecule has 2 N–H and O–H groups in total. The predicted molar refractivity (Wildman–Crippen MR) is 199 cm³/mol. The Bertz CT molecular complexity index is 1510. The molecule has 0 saturated carbocycles. The quantitative estimate of drug-likeness (QED) is 0.113. The molecule has 2 heterocycles. The summed E-state index contributed by atoms with van der Waals surface area (Å²) in [6.07, 6.45) is 26.6. The minimum atomic E-state index is -0.693. The zero-order valence-corrected chi connectivity index (χ0v) is 29.6. The Morgan fingerprint density at radius 1 is 0.700 bits per heavy atom. The van der Waals surface area contributed by atoms with Gasteiger partial charge in [-0.2, -0.15) is 0 Å². The molecule has 0 radical (unpaired) electrons. The van der Waals surface area contributed by atoms with Gasteiger partial charge in [-0.25, -0.2) is 4.98 Å². The molecule has 1 aromatic heterocycles. The van der Waals surface area contributed by atoms with Gasteiger partial charge in [0.2, 0.25) is 0 Å². The summed E-state index contributed by atoms with van der Waals surface area (Å²) in [5.41, 5.74) is 1.84. The number of unbranched alkanes of at least 4 members (excludes halogenated alkanes) is 7. The van der Waals surface area contributed by atoms with Crippen LogP contribution in [0.2, 0.25) is 0 Å². The van der Waals surface area contributed by atoms with Gasteiger partial charge in [0.1, 0.15) is 5.82 Å². The number of nitrogens with zero attached hydrogens (tertiary/aromatic N) is 3. The first-order valence-electron chi connectivity index (χ1n) is 18.9. The molecule has 0 spiro atoms. The second-order valence-electron chi connectivity index (χ2n) is 14.4. The number of amides is 1. The average molecular weight is 682 g/mol. The third-order valence-corrected chi connectivity index (χ3v) is 11.1. The van der Waals surface area contributed by atoms with Crippen LogP contribution in [0.5, 0.6) is 0 Å². The smallest absolute Gasteiger partial charge is 0.313 e. The van der Waals surface area contributed by atoms with Crippen LogP contribution in [-0.2, 0) is 9.59 Å². The number of rotatable bonds is 19. The molecule has 1 aliphatic heterocycles. The molecule has 1 fully saturated rings. The summed E-state index contributed by atoms with van der Waals surface area (Å²) in [4.78, 5) is 45.7. The van der Waals surface area contributed by atoms with E-state index in [1.807, 2.05) is 59.5 Å². The van der Waals surface area contributed by atoms with E-state index in [4.69, 9.17) is 0 Å². The van der Waals surface area contributed by atoms with Crippen LogP contribution in [-0.4, -0.2) is 64.1 Å². The average Bonchev–Trinajstić information content (AvgIpc) is 3.84. The largest absolute Gasteiger partial charge is 0.481 e. The molecular formula is C42H55N3O5. The highest BCUT2D eigenvalue weighted by Gasteiger charge is 2.37. The number of aliphatic carboxylic acids is 2. The SMILES string of the molecule is O=C(c1ccc(/C(=C/CCCCCCC2(C(=O)O)C=CCC2)CCCCCCC2(C(=O)O)C=CCC2)cc1)N1CCN(c2ccccn2)CC1. The molecule has 50 heavy (non-hydrogen) atoms. The van der Waals surface area contributed by atoms with Crippen molar-refractivity contribution < 1.29 is 24.6 Å². The van der Waals surface area contributed by atoms with Gasteiger partial charge in [0.25, 0.3) is 5.91 Å². The number of hydrogen-bond donors (Lipinski definition) is 2. The van der Waals surface area contributed by atoms with E-state index in [0.29, 0.717) is 31.5 Å². The maximum Gasteiger partial charge on any atom is 0.313 e. The number of pyridine rings is 1. The monoisotopic (exact) mass is 681 g/mol. The Hall–Kier alpha value is -4.20. The van der Waals surface area contributed by atoms with Crippen LogP contribution >= 0.6 is 0 Å². The summed E-state index contributed by atoms with van der Waals surface area (Å²) in [7, 11) is 0. The van der Waals surface area contributed by atoms with E-state index in [1.54, 1.807) is 6.20 Å². The minimum absolute atomic E-state index is 0.0664. The molecule has 1 amide bonds. The third kappa shape index (κ3) is 9.73. The van der Waals surface area contributed by atoms with Crippen LogP contribution in [0.4, 0.5) is 5.82 Å². The fourth-order valence-corrected chi connectivity index (χ4v) is 7.83. The van der Waals surface area contributed by atoms with Gasteiger partial charge in [0.05, 0.1) is 10.8 Å². The van der Waals surface area contributed by atoms with E-state index in [-0.39, 0.29) is 5.91 Å². The number of carbonyl (C=O) groups is 3. The normalized spacial score (nSPS) is 22.0. The van der Waals surface area contributed by atoms with Gasteiger partial charge in [-0.3, -0.25) is 14.4 Å². The minimum Gasteiger partial charge on any atom is -0.481 e. The molecule has 8 heteroatoms. The lowest BCUT2D eigenvalue weighted by molar-refractivity contribution is -0.147. The van der Waals surface area contributed by atoms with Gasteiger partial charge in [-0.05, 0) is 99.6 Å². The highest BCUT2D eigenvalue weighted by molar-refractivity contribution is 5.94. The topological polar surface area (TPSA) is 111 Å². The fourth-order valence-electron chi connectivity index (χ4n) is 7.83. The predicted octanol–water partition coefficient (Wildman–Crippen LogP) is 8.95. The first-order valence-corrected chi connectivity index (χ1v) is 18.9. The van der Waals surface area contributed by atoms with Crippen molar-refractivity contribution in [1.82, 2.24) is 9.88 Å². The van der Waals surface area contributed by atoms with E-state index in [0.717, 1.165) is 114 Å². The zero-order valence-electron chi connectivity index (χ0n) is 29.6.